The molecule has 0 amide bonds. The van der Waals surface area contributed by atoms with Crippen molar-refractivity contribution in [2.45, 2.75) is 65.6 Å². The second kappa shape index (κ2) is 6.38. The molecule has 1 aromatic rings. The number of hydrogen-bond donors (Lipinski definition) is 1. The average molecular weight is 261 g/mol. The van der Waals surface area contributed by atoms with E-state index in [0.717, 1.165) is 19.5 Å². The van der Waals surface area contributed by atoms with Crippen molar-refractivity contribution in [3.63, 3.8) is 0 Å². The molecule has 19 heavy (non-hydrogen) atoms. The Bertz CT molecular complexity index is 414. The first-order chi connectivity index (χ1) is 9.10. The van der Waals surface area contributed by atoms with E-state index in [1.165, 1.54) is 29.9 Å². The molecule has 1 atom stereocenters. The number of nitrogens with zero attached hydrogens (tertiary/aromatic N) is 2. The van der Waals surface area contributed by atoms with Gasteiger partial charge in [0.25, 0.3) is 0 Å². The number of rotatable bonds is 5. The monoisotopic (exact) mass is 261 g/mol. The van der Waals surface area contributed by atoms with Crippen molar-refractivity contribution in [1.29, 1.82) is 0 Å². The van der Waals surface area contributed by atoms with Crippen LogP contribution < -0.4 is 10.2 Å². The van der Waals surface area contributed by atoms with E-state index in [1.54, 1.807) is 0 Å². The van der Waals surface area contributed by atoms with Gasteiger partial charge in [0.05, 0.1) is 0 Å². The van der Waals surface area contributed by atoms with Gasteiger partial charge in [0, 0.05) is 30.9 Å². The Labute approximate surface area is 117 Å². The molecule has 1 aromatic heterocycles. The molecule has 1 aliphatic heterocycles. The molecule has 0 aromatic carbocycles. The van der Waals surface area contributed by atoms with Gasteiger partial charge in [0.2, 0.25) is 0 Å². The third-order valence-electron chi connectivity index (χ3n) is 3.85. The quantitative estimate of drug-likeness (QED) is 0.882. The zero-order chi connectivity index (χ0) is 13.8. The van der Waals surface area contributed by atoms with Gasteiger partial charge in [-0.1, -0.05) is 20.8 Å². The van der Waals surface area contributed by atoms with Crippen LogP contribution in [0.25, 0.3) is 0 Å². The highest BCUT2D eigenvalue weighted by Gasteiger charge is 2.22. The third-order valence-corrected chi connectivity index (χ3v) is 3.85. The number of hydrogen-bond acceptors (Lipinski definition) is 3. The van der Waals surface area contributed by atoms with Crippen molar-refractivity contribution in [1.82, 2.24) is 10.3 Å². The van der Waals surface area contributed by atoms with Crippen LogP contribution in [0.4, 0.5) is 5.82 Å². The van der Waals surface area contributed by atoms with Gasteiger partial charge in [0.15, 0.2) is 0 Å². The molecule has 2 heterocycles. The normalized spacial score (nSPS) is 19.4. The van der Waals surface area contributed by atoms with Crippen molar-refractivity contribution in [2.24, 2.45) is 0 Å². The molecule has 3 heteroatoms. The highest BCUT2D eigenvalue weighted by atomic mass is 15.2. The molecule has 1 fully saturated rings. The Morgan fingerprint density at radius 2 is 2.21 bits per heavy atom. The van der Waals surface area contributed by atoms with Crippen LogP contribution >= 0.6 is 0 Å². The molecule has 3 nitrogen and oxygen atoms in total. The molecule has 106 valence electrons. The summed E-state index contributed by atoms with van der Waals surface area (Å²) < 4.78 is 0. The maximum Gasteiger partial charge on any atom is 0.129 e. The molecular formula is C16H27N3. The van der Waals surface area contributed by atoms with E-state index in [9.17, 15) is 0 Å². The first kappa shape index (κ1) is 14.3. The van der Waals surface area contributed by atoms with Crippen LogP contribution in [0.5, 0.6) is 0 Å². The number of pyridine rings is 1. The summed E-state index contributed by atoms with van der Waals surface area (Å²) in [5.74, 6) is 1.17. The molecule has 1 aliphatic rings. The standard InChI is InChI=1S/C16H27N3/c1-5-15-9-14(11-17-12(2)3)10-16(18-15)19-8-6-7-13(19)4/h9-10,12-13,17H,5-8,11H2,1-4H3. The molecule has 0 bridgehead atoms. The molecule has 0 radical (unpaired) electrons. The summed E-state index contributed by atoms with van der Waals surface area (Å²) in [6, 6.07) is 5.65. The Hall–Kier alpha value is -1.09. The van der Waals surface area contributed by atoms with Crippen LogP contribution in [0.3, 0.4) is 0 Å². The zero-order valence-electron chi connectivity index (χ0n) is 12.7. The second-order valence-electron chi connectivity index (χ2n) is 5.90. The Kier molecular flexibility index (Phi) is 4.81. The average Bonchev–Trinajstić information content (AvgIpc) is 2.82. The predicted molar refractivity (Wildman–Crippen MR) is 81.6 cm³/mol. The van der Waals surface area contributed by atoms with Crippen molar-refractivity contribution >= 4 is 5.82 Å². The number of nitrogens with one attached hydrogen (secondary N) is 1. The molecule has 0 spiro atoms. The van der Waals surface area contributed by atoms with Gasteiger partial charge in [-0.3, -0.25) is 0 Å². The summed E-state index contributed by atoms with van der Waals surface area (Å²) in [5, 5.41) is 3.50. The van der Waals surface area contributed by atoms with Crippen molar-refractivity contribution in [3.8, 4) is 0 Å². The SMILES string of the molecule is CCc1cc(CNC(C)C)cc(N2CCCC2C)n1. The Morgan fingerprint density at radius 3 is 2.79 bits per heavy atom. The molecule has 1 N–H and O–H groups in total. The maximum absolute atomic E-state index is 4.81. The Balaban J connectivity index is 2.20. The summed E-state index contributed by atoms with van der Waals surface area (Å²) in [6.45, 7) is 10.9. The highest BCUT2D eigenvalue weighted by Crippen LogP contribution is 2.25. The van der Waals surface area contributed by atoms with E-state index in [1.807, 2.05) is 0 Å². The van der Waals surface area contributed by atoms with Crippen molar-refractivity contribution < 1.29 is 0 Å². The summed E-state index contributed by atoms with van der Waals surface area (Å²) >= 11 is 0. The number of aromatic nitrogens is 1. The zero-order valence-corrected chi connectivity index (χ0v) is 12.7. The van der Waals surface area contributed by atoms with Gasteiger partial charge in [-0.15, -0.1) is 0 Å². The molecule has 2 rings (SSSR count). The fourth-order valence-corrected chi connectivity index (χ4v) is 2.66. The van der Waals surface area contributed by atoms with Gasteiger partial charge in [-0.2, -0.15) is 0 Å². The number of anilines is 1. The van der Waals surface area contributed by atoms with Crippen LogP contribution in [0, 0.1) is 0 Å². The van der Waals surface area contributed by atoms with Gasteiger partial charge in [0.1, 0.15) is 5.82 Å². The van der Waals surface area contributed by atoms with Gasteiger partial charge in [-0.05, 0) is 43.9 Å². The van der Waals surface area contributed by atoms with E-state index in [4.69, 9.17) is 4.98 Å². The smallest absolute Gasteiger partial charge is 0.129 e. The van der Waals surface area contributed by atoms with Gasteiger partial charge >= 0.3 is 0 Å². The van der Waals surface area contributed by atoms with Crippen LogP contribution in [-0.2, 0) is 13.0 Å². The molecular weight excluding hydrogens is 234 g/mol. The van der Waals surface area contributed by atoms with Crippen LogP contribution in [-0.4, -0.2) is 23.6 Å². The fraction of sp³-hybridized carbons (Fsp3) is 0.688. The summed E-state index contributed by atoms with van der Waals surface area (Å²) in [7, 11) is 0. The van der Waals surface area contributed by atoms with Crippen LogP contribution in [0.1, 0.15) is 51.8 Å². The summed E-state index contributed by atoms with van der Waals surface area (Å²) in [5.41, 5.74) is 2.56. The van der Waals surface area contributed by atoms with Gasteiger partial charge < -0.3 is 10.2 Å². The topological polar surface area (TPSA) is 28.2 Å². The van der Waals surface area contributed by atoms with Gasteiger partial charge in [-0.25, -0.2) is 4.98 Å². The lowest BCUT2D eigenvalue weighted by atomic mass is 10.1. The summed E-state index contributed by atoms with van der Waals surface area (Å²) in [4.78, 5) is 7.27. The van der Waals surface area contributed by atoms with E-state index in [2.05, 4.69) is 50.0 Å². The first-order valence-electron chi connectivity index (χ1n) is 7.60. The third kappa shape index (κ3) is 3.69. The van der Waals surface area contributed by atoms with Crippen LogP contribution in [0.2, 0.25) is 0 Å². The minimum Gasteiger partial charge on any atom is -0.354 e. The summed E-state index contributed by atoms with van der Waals surface area (Å²) in [6.07, 6.45) is 3.58. The minimum atomic E-state index is 0.521. The van der Waals surface area contributed by atoms with E-state index >= 15 is 0 Å². The minimum absolute atomic E-state index is 0.521. The molecule has 0 saturated carbocycles. The lowest BCUT2D eigenvalue weighted by molar-refractivity contribution is 0.587. The molecule has 0 aliphatic carbocycles. The van der Waals surface area contributed by atoms with Crippen molar-refractivity contribution in [2.75, 3.05) is 11.4 Å². The lowest BCUT2D eigenvalue weighted by Gasteiger charge is -2.24. The van der Waals surface area contributed by atoms with E-state index in [-0.39, 0.29) is 0 Å². The van der Waals surface area contributed by atoms with E-state index < -0.39 is 0 Å². The first-order valence-corrected chi connectivity index (χ1v) is 7.60. The largest absolute Gasteiger partial charge is 0.354 e. The fourth-order valence-electron chi connectivity index (χ4n) is 2.66. The second-order valence-corrected chi connectivity index (χ2v) is 5.90. The molecule has 1 saturated heterocycles. The molecule has 1 unspecified atom stereocenters. The predicted octanol–water partition coefficient (Wildman–Crippen LogP) is 3.13. The van der Waals surface area contributed by atoms with Crippen LogP contribution in [0.15, 0.2) is 12.1 Å². The maximum atomic E-state index is 4.81. The number of aryl methyl sites for hydroxylation is 1. The Morgan fingerprint density at radius 1 is 1.42 bits per heavy atom. The lowest BCUT2D eigenvalue weighted by Crippen LogP contribution is -2.28. The highest BCUT2D eigenvalue weighted by molar-refractivity contribution is 5.44. The van der Waals surface area contributed by atoms with E-state index in [0.29, 0.717) is 12.1 Å². The van der Waals surface area contributed by atoms with Crippen molar-refractivity contribution in [3.05, 3.63) is 23.4 Å².